The molecule has 2 rings (SSSR count). The highest BCUT2D eigenvalue weighted by Gasteiger charge is 2.24. The Labute approximate surface area is 124 Å². The van der Waals surface area contributed by atoms with Crippen LogP contribution in [0.5, 0.6) is 0 Å². The van der Waals surface area contributed by atoms with E-state index >= 15 is 0 Å². The first-order chi connectivity index (χ1) is 9.56. The van der Waals surface area contributed by atoms with Crippen LogP contribution in [0.15, 0.2) is 23.1 Å². The summed E-state index contributed by atoms with van der Waals surface area (Å²) in [4.78, 5) is 13.0. The van der Waals surface area contributed by atoms with Crippen molar-refractivity contribution in [2.45, 2.75) is 24.8 Å². The second-order valence-electron chi connectivity index (χ2n) is 5.35. The van der Waals surface area contributed by atoms with Gasteiger partial charge in [-0.3, -0.25) is 4.79 Å². The van der Waals surface area contributed by atoms with Gasteiger partial charge in [0.15, 0.2) is 0 Å². The number of aliphatic hydroxyl groups excluding tert-OH is 1. The lowest BCUT2D eigenvalue weighted by Gasteiger charge is -2.14. The highest BCUT2D eigenvalue weighted by atomic mass is 32.2. The molecular formula is C15H22N2O2S. The van der Waals surface area contributed by atoms with E-state index in [-0.39, 0.29) is 17.9 Å². The third-order valence-corrected chi connectivity index (χ3v) is 4.73. The Morgan fingerprint density at radius 1 is 1.45 bits per heavy atom. The van der Waals surface area contributed by atoms with E-state index in [1.807, 2.05) is 0 Å². The largest absolute Gasteiger partial charge is 0.391 e. The molecule has 1 aromatic rings. The number of β-amino-alcohol motifs (C(OH)–C–C–N with tert-alkyl or cyclic N) is 1. The zero-order valence-corrected chi connectivity index (χ0v) is 12.8. The summed E-state index contributed by atoms with van der Waals surface area (Å²) >= 11 is 1.56. The Balaban J connectivity index is 1.74. The number of carbonyl (C=O) groups is 1. The van der Waals surface area contributed by atoms with Gasteiger partial charge >= 0.3 is 0 Å². The standard InChI is InChI=1S/C15H22N2O2S/c1-10-3-4-14(11(2)5-10)20-9-15(19)17-7-12-6-16-8-13(12)18/h3-5,12-13,16,18H,6-9H2,1-2H3,(H,17,19). The van der Waals surface area contributed by atoms with Gasteiger partial charge in [-0.15, -0.1) is 11.8 Å². The first kappa shape index (κ1) is 15.4. The van der Waals surface area contributed by atoms with Crippen LogP contribution in [0.4, 0.5) is 0 Å². The molecule has 4 nitrogen and oxygen atoms in total. The van der Waals surface area contributed by atoms with Gasteiger partial charge in [0.25, 0.3) is 0 Å². The van der Waals surface area contributed by atoms with E-state index in [9.17, 15) is 9.90 Å². The van der Waals surface area contributed by atoms with E-state index in [1.165, 1.54) is 11.1 Å². The molecule has 1 aromatic carbocycles. The zero-order chi connectivity index (χ0) is 14.5. The molecule has 1 aliphatic rings. The molecule has 0 radical (unpaired) electrons. The first-order valence-electron chi connectivity index (χ1n) is 6.92. The summed E-state index contributed by atoms with van der Waals surface area (Å²) in [5.41, 5.74) is 2.44. The van der Waals surface area contributed by atoms with Crippen LogP contribution in [0, 0.1) is 19.8 Å². The monoisotopic (exact) mass is 294 g/mol. The molecular weight excluding hydrogens is 272 g/mol. The lowest BCUT2D eigenvalue weighted by molar-refractivity contribution is -0.118. The SMILES string of the molecule is Cc1ccc(SCC(=O)NCC2CNCC2O)c(C)c1. The van der Waals surface area contributed by atoms with Crippen molar-refractivity contribution in [2.24, 2.45) is 5.92 Å². The summed E-state index contributed by atoms with van der Waals surface area (Å²) in [6.07, 6.45) is -0.345. The lowest BCUT2D eigenvalue weighted by atomic mass is 10.1. The van der Waals surface area contributed by atoms with Gasteiger partial charge in [0.05, 0.1) is 11.9 Å². The van der Waals surface area contributed by atoms with Gasteiger partial charge in [-0.1, -0.05) is 17.7 Å². The Bertz CT molecular complexity index is 479. The fraction of sp³-hybridized carbons (Fsp3) is 0.533. The van der Waals surface area contributed by atoms with Gasteiger partial charge in [0.2, 0.25) is 5.91 Å². The predicted molar refractivity (Wildman–Crippen MR) is 82.0 cm³/mol. The minimum absolute atomic E-state index is 0.0223. The van der Waals surface area contributed by atoms with E-state index in [0.717, 1.165) is 11.4 Å². The van der Waals surface area contributed by atoms with Crippen molar-refractivity contribution in [3.05, 3.63) is 29.3 Å². The van der Waals surface area contributed by atoms with Gasteiger partial charge in [0, 0.05) is 30.4 Å². The maximum Gasteiger partial charge on any atom is 0.230 e. The molecule has 0 saturated carbocycles. The smallest absolute Gasteiger partial charge is 0.230 e. The molecule has 0 spiro atoms. The number of aryl methyl sites for hydroxylation is 2. The number of benzene rings is 1. The van der Waals surface area contributed by atoms with Gasteiger partial charge in [-0.05, 0) is 25.5 Å². The molecule has 20 heavy (non-hydrogen) atoms. The molecule has 3 N–H and O–H groups in total. The maximum atomic E-state index is 11.8. The number of carbonyl (C=O) groups excluding carboxylic acids is 1. The fourth-order valence-electron chi connectivity index (χ4n) is 2.33. The molecule has 1 saturated heterocycles. The van der Waals surface area contributed by atoms with E-state index in [0.29, 0.717) is 18.8 Å². The average molecular weight is 294 g/mol. The molecule has 1 aliphatic heterocycles. The molecule has 2 unspecified atom stereocenters. The van der Waals surface area contributed by atoms with Crippen LogP contribution in [0.1, 0.15) is 11.1 Å². The summed E-state index contributed by atoms with van der Waals surface area (Å²) in [7, 11) is 0. The normalized spacial score (nSPS) is 21.9. The molecule has 110 valence electrons. The van der Waals surface area contributed by atoms with Crippen molar-refractivity contribution in [1.29, 1.82) is 0 Å². The number of thioether (sulfide) groups is 1. The van der Waals surface area contributed by atoms with E-state index in [4.69, 9.17) is 0 Å². The van der Waals surface area contributed by atoms with Crippen molar-refractivity contribution < 1.29 is 9.90 Å². The number of hydrogen-bond acceptors (Lipinski definition) is 4. The van der Waals surface area contributed by atoms with Crippen molar-refractivity contribution >= 4 is 17.7 Å². The van der Waals surface area contributed by atoms with Crippen molar-refractivity contribution in [3.8, 4) is 0 Å². The fourth-order valence-corrected chi connectivity index (χ4v) is 3.17. The number of nitrogens with one attached hydrogen (secondary N) is 2. The van der Waals surface area contributed by atoms with Gasteiger partial charge in [-0.25, -0.2) is 0 Å². The Kier molecular flexibility index (Phi) is 5.46. The summed E-state index contributed by atoms with van der Waals surface area (Å²) in [5, 5.41) is 15.7. The Morgan fingerprint density at radius 2 is 2.25 bits per heavy atom. The second kappa shape index (κ2) is 7.11. The van der Waals surface area contributed by atoms with E-state index in [1.54, 1.807) is 11.8 Å². The van der Waals surface area contributed by atoms with Crippen molar-refractivity contribution in [2.75, 3.05) is 25.4 Å². The van der Waals surface area contributed by atoms with E-state index < -0.39 is 0 Å². The van der Waals surface area contributed by atoms with Crippen LogP contribution in [0.2, 0.25) is 0 Å². The van der Waals surface area contributed by atoms with Crippen LogP contribution in [0.25, 0.3) is 0 Å². The van der Waals surface area contributed by atoms with Crippen LogP contribution in [0.3, 0.4) is 0 Å². The second-order valence-corrected chi connectivity index (χ2v) is 6.36. The van der Waals surface area contributed by atoms with E-state index in [2.05, 4.69) is 42.7 Å². The van der Waals surface area contributed by atoms with Crippen LogP contribution in [-0.2, 0) is 4.79 Å². The van der Waals surface area contributed by atoms with Crippen molar-refractivity contribution in [1.82, 2.24) is 10.6 Å². The molecule has 2 atom stereocenters. The average Bonchev–Trinajstić information content (AvgIpc) is 2.81. The number of hydrogen-bond donors (Lipinski definition) is 3. The summed E-state index contributed by atoms with van der Waals surface area (Å²) in [6.45, 7) is 6.06. The third kappa shape index (κ3) is 4.23. The van der Waals surface area contributed by atoms with Crippen LogP contribution >= 0.6 is 11.8 Å². The number of rotatable bonds is 5. The zero-order valence-electron chi connectivity index (χ0n) is 12.0. The highest BCUT2D eigenvalue weighted by molar-refractivity contribution is 8.00. The molecule has 1 amide bonds. The quantitative estimate of drug-likeness (QED) is 0.712. The number of amides is 1. The Hall–Kier alpha value is -1.04. The minimum atomic E-state index is -0.345. The van der Waals surface area contributed by atoms with Crippen molar-refractivity contribution in [3.63, 3.8) is 0 Å². The highest BCUT2D eigenvalue weighted by Crippen LogP contribution is 2.22. The lowest BCUT2D eigenvalue weighted by Crippen LogP contribution is -2.35. The first-order valence-corrected chi connectivity index (χ1v) is 7.90. The van der Waals surface area contributed by atoms with Gasteiger partial charge < -0.3 is 15.7 Å². The molecule has 1 heterocycles. The molecule has 0 aromatic heterocycles. The summed E-state index contributed by atoms with van der Waals surface area (Å²) < 4.78 is 0. The van der Waals surface area contributed by atoms with Gasteiger partial charge in [0.1, 0.15) is 0 Å². The van der Waals surface area contributed by atoms with Crippen LogP contribution in [-0.4, -0.2) is 42.5 Å². The predicted octanol–water partition coefficient (Wildman–Crippen LogP) is 1.09. The molecule has 0 bridgehead atoms. The van der Waals surface area contributed by atoms with Gasteiger partial charge in [-0.2, -0.15) is 0 Å². The minimum Gasteiger partial charge on any atom is -0.391 e. The maximum absolute atomic E-state index is 11.8. The van der Waals surface area contributed by atoms with Crippen LogP contribution < -0.4 is 10.6 Å². The Morgan fingerprint density at radius 3 is 2.90 bits per heavy atom. The topological polar surface area (TPSA) is 61.4 Å². The summed E-state index contributed by atoms with van der Waals surface area (Å²) in [5.74, 6) is 0.569. The molecule has 0 aliphatic carbocycles. The summed E-state index contributed by atoms with van der Waals surface area (Å²) in [6, 6.07) is 6.25. The third-order valence-electron chi connectivity index (χ3n) is 3.55. The molecule has 5 heteroatoms. The molecule has 1 fully saturated rings. The number of aliphatic hydroxyl groups is 1.